The minimum Gasteiger partial charge on any atom is -0.361 e. The van der Waals surface area contributed by atoms with Crippen molar-refractivity contribution in [1.82, 2.24) is 15.5 Å². The number of amides is 1. The Labute approximate surface area is 153 Å². The molecule has 1 atom stereocenters. The van der Waals surface area contributed by atoms with Gasteiger partial charge in [0.1, 0.15) is 5.76 Å². The van der Waals surface area contributed by atoms with E-state index in [1.54, 1.807) is 0 Å². The molecule has 4 rings (SSSR count). The van der Waals surface area contributed by atoms with Gasteiger partial charge in [0.15, 0.2) is 0 Å². The van der Waals surface area contributed by atoms with Crippen molar-refractivity contribution < 1.29 is 9.32 Å². The molecule has 0 radical (unpaired) electrons. The molecule has 1 fully saturated rings. The number of carbonyl (C=O) groups is 1. The molecule has 1 aromatic carbocycles. The molecule has 1 aliphatic rings. The fraction of sp³-hybridized carbons (Fsp3) is 0.429. The topological polar surface area (TPSA) is 70.9 Å². The number of benzene rings is 1. The van der Waals surface area contributed by atoms with Gasteiger partial charge in [-0.25, -0.2) is 0 Å². The smallest absolute Gasteiger partial charge is 0.226 e. The van der Waals surface area contributed by atoms with Gasteiger partial charge >= 0.3 is 0 Å². The highest BCUT2D eigenvalue weighted by atomic mass is 16.5. The minimum atomic E-state index is -0.130. The molecule has 0 spiro atoms. The molecule has 1 unspecified atom stereocenters. The zero-order valence-corrected chi connectivity index (χ0v) is 15.6. The number of hydrogen-bond donors (Lipinski definition) is 2. The number of nitrogens with zero attached hydrogens (tertiary/aromatic N) is 1. The summed E-state index contributed by atoms with van der Waals surface area (Å²) < 4.78 is 5.18. The molecular formula is C21H25N3O2. The first-order valence-electron chi connectivity index (χ1n) is 9.25. The Hall–Kier alpha value is -2.56. The molecule has 136 valence electrons. The summed E-state index contributed by atoms with van der Waals surface area (Å²) in [6.45, 7) is 6.65. The van der Waals surface area contributed by atoms with Crippen LogP contribution in [0.3, 0.4) is 0 Å². The fourth-order valence-electron chi connectivity index (χ4n) is 3.34. The van der Waals surface area contributed by atoms with Gasteiger partial charge in [-0.05, 0) is 49.3 Å². The van der Waals surface area contributed by atoms with E-state index in [0.717, 1.165) is 41.9 Å². The number of H-pyrrole nitrogens is 1. The average Bonchev–Trinajstić information content (AvgIpc) is 3.04. The molecule has 0 saturated heterocycles. The Balaban J connectivity index is 1.44. The number of aryl methyl sites for hydroxylation is 1. The van der Waals surface area contributed by atoms with Crippen LogP contribution >= 0.6 is 0 Å². The van der Waals surface area contributed by atoms with E-state index < -0.39 is 0 Å². The maximum absolute atomic E-state index is 12.1. The van der Waals surface area contributed by atoms with Crippen LogP contribution in [0.15, 0.2) is 34.9 Å². The predicted octanol–water partition coefficient (Wildman–Crippen LogP) is 4.23. The molecule has 1 saturated carbocycles. The van der Waals surface area contributed by atoms with Gasteiger partial charge < -0.3 is 14.8 Å². The van der Waals surface area contributed by atoms with E-state index in [-0.39, 0.29) is 11.3 Å². The molecule has 0 bridgehead atoms. The fourth-order valence-corrected chi connectivity index (χ4v) is 3.34. The highest BCUT2D eigenvalue weighted by Gasteiger charge is 2.44. The van der Waals surface area contributed by atoms with Crippen LogP contribution in [-0.2, 0) is 17.8 Å². The zero-order valence-electron chi connectivity index (χ0n) is 15.6. The van der Waals surface area contributed by atoms with Crippen molar-refractivity contribution in [2.24, 2.45) is 5.41 Å². The molecule has 5 heteroatoms. The monoisotopic (exact) mass is 351 g/mol. The van der Waals surface area contributed by atoms with E-state index in [2.05, 4.69) is 46.6 Å². The lowest BCUT2D eigenvalue weighted by atomic mass is 9.97. The minimum absolute atomic E-state index is 0.130. The van der Waals surface area contributed by atoms with Crippen LogP contribution < -0.4 is 5.32 Å². The highest BCUT2D eigenvalue weighted by molar-refractivity contribution is 5.85. The van der Waals surface area contributed by atoms with Crippen LogP contribution in [0.1, 0.15) is 55.3 Å². The van der Waals surface area contributed by atoms with Gasteiger partial charge in [-0.3, -0.25) is 4.79 Å². The number of carbonyl (C=O) groups excluding carboxylic acids is 1. The first kappa shape index (κ1) is 16.9. The predicted molar refractivity (Wildman–Crippen MR) is 101 cm³/mol. The first-order chi connectivity index (χ1) is 12.4. The summed E-state index contributed by atoms with van der Waals surface area (Å²) in [5.74, 6) is 1.31. The second-order valence-electron chi connectivity index (χ2n) is 7.93. The summed E-state index contributed by atoms with van der Waals surface area (Å²) in [5, 5.41) is 8.33. The summed E-state index contributed by atoms with van der Waals surface area (Å²) in [4.78, 5) is 15.5. The number of aromatic nitrogens is 2. The lowest BCUT2D eigenvalue weighted by Crippen LogP contribution is -2.29. The lowest BCUT2D eigenvalue weighted by molar-refractivity contribution is -0.125. The molecule has 2 heterocycles. The summed E-state index contributed by atoms with van der Waals surface area (Å²) in [5.41, 5.74) is 4.26. The van der Waals surface area contributed by atoms with E-state index in [1.807, 2.05) is 19.9 Å². The van der Waals surface area contributed by atoms with Crippen molar-refractivity contribution in [2.75, 3.05) is 0 Å². The largest absolute Gasteiger partial charge is 0.361 e. The zero-order chi connectivity index (χ0) is 18.3. The van der Waals surface area contributed by atoms with Gasteiger partial charge in [-0.2, -0.15) is 0 Å². The van der Waals surface area contributed by atoms with Gasteiger partial charge in [0.2, 0.25) is 5.91 Å². The van der Waals surface area contributed by atoms with E-state index in [4.69, 9.17) is 4.52 Å². The third-order valence-electron chi connectivity index (χ3n) is 5.42. The van der Waals surface area contributed by atoms with Crippen molar-refractivity contribution in [3.05, 3.63) is 53.0 Å². The molecule has 3 aromatic rings. The van der Waals surface area contributed by atoms with Crippen molar-refractivity contribution >= 4 is 16.8 Å². The second-order valence-corrected chi connectivity index (χ2v) is 7.93. The molecule has 2 aromatic heterocycles. The maximum Gasteiger partial charge on any atom is 0.226 e. The van der Waals surface area contributed by atoms with Gasteiger partial charge in [0.25, 0.3) is 0 Å². The number of hydrogen-bond acceptors (Lipinski definition) is 3. The van der Waals surface area contributed by atoms with Crippen molar-refractivity contribution in [1.29, 1.82) is 0 Å². The number of nitrogens with one attached hydrogen (secondary N) is 2. The summed E-state index contributed by atoms with van der Waals surface area (Å²) in [6.07, 6.45) is 2.90. The number of fused-ring (bicyclic) bond motifs is 1. The Kier molecular flexibility index (Phi) is 4.10. The Morgan fingerprint density at radius 1 is 1.35 bits per heavy atom. The van der Waals surface area contributed by atoms with Gasteiger partial charge in [-0.15, -0.1) is 0 Å². The first-order valence-corrected chi connectivity index (χ1v) is 9.25. The Bertz CT molecular complexity index is 949. The summed E-state index contributed by atoms with van der Waals surface area (Å²) >= 11 is 0. The Morgan fingerprint density at radius 3 is 2.85 bits per heavy atom. The van der Waals surface area contributed by atoms with Crippen molar-refractivity contribution in [3.8, 4) is 0 Å². The van der Waals surface area contributed by atoms with Crippen LogP contribution in [0.5, 0.6) is 0 Å². The average molecular weight is 351 g/mol. The summed E-state index contributed by atoms with van der Waals surface area (Å²) in [7, 11) is 0. The van der Waals surface area contributed by atoms with Crippen LogP contribution in [0.25, 0.3) is 10.9 Å². The van der Waals surface area contributed by atoms with Crippen LogP contribution in [0.4, 0.5) is 0 Å². The third kappa shape index (κ3) is 3.39. The van der Waals surface area contributed by atoms with Crippen LogP contribution in [-0.4, -0.2) is 16.0 Å². The molecule has 0 aliphatic heterocycles. The second kappa shape index (κ2) is 6.31. The molecule has 1 aliphatic carbocycles. The van der Waals surface area contributed by atoms with E-state index in [1.165, 1.54) is 10.9 Å². The van der Waals surface area contributed by atoms with Gasteiger partial charge in [0, 0.05) is 28.6 Å². The van der Waals surface area contributed by atoms with Crippen molar-refractivity contribution in [2.45, 2.75) is 52.5 Å². The molecule has 26 heavy (non-hydrogen) atoms. The SMILES string of the molecule is Cc1cc(C(C)Cc2ccc3cc(CNC(=O)C4(C)CC4)[nH]c3c2)no1. The normalized spacial score (nSPS) is 16.6. The quantitative estimate of drug-likeness (QED) is 0.698. The molecule has 1 amide bonds. The van der Waals surface area contributed by atoms with E-state index >= 15 is 0 Å². The molecule has 5 nitrogen and oxygen atoms in total. The van der Waals surface area contributed by atoms with Gasteiger partial charge in [0.05, 0.1) is 12.2 Å². The highest BCUT2D eigenvalue weighted by Crippen LogP contribution is 2.45. The maximum atomic E-state index is 12.1. The standard InChI is InChI=1S/C21H25N3O2/c1-13(18-9-14(2)26-24-18)8-15-4-5-16-11-17(23-19(16)10-15)12-22-20(25)21(3)6-7-21/h4-5,9-11,13,23H,6-8,12H2,1-3H3,(H,22,25). The summed E-state index contributed by atoms with van der Waals surface area (Å²) in [6, 6.07) is 10.6. The Morgan fingerprint density at radius 2 is 2.15 bits per heavy atom. The number of rotatable bonds is 6. The van der Waals surface area contributed by atoms with Gasteiger partial charge in [-0.1, -0.05) is 31.1 Å². The lowest BCUT2D eigenvalue weighted by Gasteiger charge is -2.08. The van der Waals surface area contributed by atoms with Crippen LogP contribution in [0, 0.1) is 12.3 Å². The van der Waals surface area contributed by atoms with Crippen molar-refractivity contribution in [3.63, 3.8) is 0 Å². The molecule has 2 N–H and O–H groups in total. The van der Waals surface area contributed by atoms with E-state index in [9.17, 15) is 4.79 Å². The molecular weight excluding hydrogens is 326 g/mol. The van der Waals surface area contributed by atoms with Crippen LogP contribution in [0.2, 0.25) is 0 Å². The van der Waals surface area contributed by atoms with E-state index in [0.29, 0.717) is 12.5 Å². The third-order valence-corrected chi connectivity index (χ3v) is 5.42. The number of aromatic amines is 1.